The van der Waals surface area contributed by atoms with Gasteiger partial charge in [-0.15, -0.1) is 0 Å². The van der Waals surface area contributed by atoms with Crippen molar-refractivity contribution >= 4 is 5.69 Å². The Morgan fingerprint density at radius 1 is 1.39 bits per heavy atom. The number of nitrogens with one attached hydrogen (secondary N) is 2. The molecule has 1 saturated heterocycles. The zero-order valence-corrected chi connectivity index (χ0v) is 11.2. The van der Waals surface area contributed by atoms with Crippen LogP contribution in [0.5, 0.6) is 5.75 Å². The Kier molecular flexibility index (Phi) is 5.34. The lowest BCUT2D eigenvalue weighted by molar-refractivity contribution is 0.317. The first kappa shape index (κ1) is 13.2. The maximum Gasteiger partial charge on any atom is 0.121 e. The highest BCUT2D eigenvalue weighted by atomic mass is 16.5. The fourth-order valence-corrected chi connectivity index (χ4v) is 2.26. The lowest BCUT2D eigenvalue weighted by Crippen LogP contribution is -2.39. The van der Waals surface area contributed by atoms with Gasteiger partial charge in [-0.2, -0.15) is 0 Å². The highest BCUT2D eigenvalue weighted by Crippen LogP contribution is 2.18. The molecule has 0 aliphatic carbocycles. The molecule has 1 aromatic carbocycles. The van der Waals surface area contributed by atoms with Gasteiger partial charge in [-0.05, 0) is 37.9 Å². The largest absolute Gasteiger partial charge is 0.494 e. The van der Waals surface area contributed by atoms with Crippen LogP contribution < -0.4 is 15.4 Å². The van der Waals surface area contributed by atoms with Crippen LogP contribution in [0.25, 0.3) is 0 Å². The molecular weight excluding hydrogens is 224 g/mol. The summed E-state index contributed by atoms with van der Waals surface area (Å²) in [7, 11) is 0. The number of piperidine rings is 1. The Labute approximate surface area is 110 Å². The smallest absolute Gasteiger partial charge is 0.121 e. The first-order chi connectivity index (χ1) is 8.88. The van der Waals surface area contributed by atoms with Crippen molar-refractivity contribution in [2.75, 3.05) is 25.0 Å². The molecule has 0 spiro atoms. The van der Waals surface area contributed by atoms with Crippen molar-refractivity contribution in [2.45, 2.75) is 38.6 Å². The van der Waals surface area contributed by atoms with Gasteiger partial charge in [-0.25, -0.2) is 0 Å². The lowest BCUT2D eigenvalue weighted by atomic mass is 10.1. The molecule has 1 heterocycles. The summed E-state index contributed by atoms with van der Waals surface area (Å²) < 4.78 is 5.63. The van der Waals surface area contributed by atoms with Gasteiger partial charge < -0.3 is 15.4 Å². The molecule has 1 atom stereocenters. The maximum absolute atomic E-state index is 5.63. The number of anilines is 1. The summed E-state index contributed by atoms with van der Waals surface area (Å²) in [6.45, 7) is 5.06. The molecule has 2 rings (SSSR count). The van der Waals surface area contributed by atoms with E-state index in [0.29, 0.717) is 6.04 Å². The van der Waals surface area contributed by atoms with Gasteiger partial charge in [0, 0.05) is 24.3 Å². The molecule has 3 nitrogen and oxygen atoms in total. The Bertz CT molecular complexity index is 348. The third-order valence-corrected chi connectivity index (χ3v) is 3.27. The minimum atomic E-state index is 0.610. The molecule has 0 aromatic heterocycles. The standard InChI is InChI=1S/C15H24N2O/c1-2-10-18-15-8-5-7-13(11-15)17-12-14-6-3-4-9-16-14/h5,7-8,11,14,16-17H,2-4,6,9-10,12H2,1H3. The summed E-state index contributed by atoms with van der Waals surface area (Å²) in [6.07, 6.45) is 4.98. The van der Waals surface area contributed by atoms with Crippen molar-refractivity contribution in [1.82, 2.24) is 5.32 Å². The Hall–Kier alpha value is -1.22. The molecular formula is C15H24N2O. The van der Waals surface area contributed by atoms with E-state index in [1.807, 2.05) is 12.1 Å². The summed E-state index contributed by atoms with van der Waals surface area (Å²) in [5.74, 6) is 0.957. The molecule has 0 bridgehead atoms. The second-order valence-corrected chi connectivity index (χ2v) is 4.90. The van der Waals surface area contributed by atoms with Crippen LogP contribution in [-0.4, -0.2) is 25.7 Å². The molecule has 0 radical (unpaired) electrons. The van der Waals surface area contributed by atoms with Crippen LogP contribution in [0.2, 0.25) is 0 Å². The quantitative estimate of drug-likeness (QED) is 0.812. The first-order valence-corrected chi connectivity index (χ1v) is 7.08. The van der Waals surface area contributed by atoms with E-state index in [2.05, 4.69) is 29.7 Å². The van der Waals surface area contributed by atoms with Crippen molar-refractivity contribution < 1.29 is 4.74 Å². The van der Waals surface area contributed by atoms with E-state index < -0.39 is 0 Å². The van der Waals surface area contributed by atoms with Crippen LogP contribution >= 0.6 is 0 Å². The Balaban J connectivity index is 1.80. The van der Waals surface area contributed by atoms with Gasteiger partial charge >= 0.3 is 0 Å². The van der Waals surface area contributed by atoms with Crippen LogP contribution in [0.3, 0.4) is 0 Å². The van der Waals surface area contributed by atoms with E-state index in [-0.39, 0.29) is 0 Å². The van der Waals surface area contributed by atoms with E-state index in [1.165, 1.54) is 19.3 Å². The SMILES string of the molecule is CCCOc1cccc(NCC2CCCCN2)c1. The van der Waals surface area contributed by atoms with Gasteiger partial charge in [0.15, 0.2) is 0 Å². The third-order valence-electron chi connectivity index (χ3n) is 3.27. The molecule has 0 saturated carbocycles. The third kappa shape index (κ3) is 4.22. The van der Waals surface area contributed by atoms with Gasteiger partial charge in [0.25, 0.3) is 0 Å². The number of hydrogen-bond acceptors (Lipinski definition) is 3. The zero-order valence-electron chi connectivity index (χ0n) is 11.2. The average molecular weight is 248 g/mol. The minimum Gasteiger partial charge on any atom is -0.494 e. The van der Waals surface area contributed by atoms with Gasteiger partial charge in [-0.1, -0.05) is 19.4 Å². The molecule has 1 aliphatic rings. The van der Waals surface area contributed by atoms with Gasteiger partial charge in [0.05, 0.1) is 6.61 Å². The van der Waals surface area contributed by atoms with Crippen LogP contribution in [0.1, 0.15) is 32.6 Å². The van der Waals surface area contributed by atoms with Crippen molar-refractivity contribution in [1.29, 1.82) is 0 Å². The Morgan fingerprint density at radius 3 is 3.11 bits per heavy atom. The number of rotatable bonds is 6. The van der Waals surface area contributed by atoms with Crippen molar-refractivity contribution in [3.63, 3.8) is 0 Å². The highest BCUT2D eigenvalue weighted by molar-refractivity contribution is 5.48. The van der Waals surface area contributed by atoms with Crippen LogP contribution in [0.4, 0.5) is 5.69 Å². The Morgan fingerprint density at radius 2 is 2.33 bits per heavy atom. The monoisotopic (exact) mass is 248 g/mol. The molecule has 18 heavy (non-hydrogen) atoms. The predicted octanol–water partition coefficient (Wildman–Crippen LogP) is 3.03. The van der Waals surface area contributed by atoms with Crippen molar-refractivity contribution in [3.8, 4) is 5.75 Å². The average Bonchev–Trinajstić information content (AvgIpc) is 2.44. The summed E-state index contributed by atoms with van der Waals surface area (Å²) in [6, 6.07) is 8.85. The van der Waals surface area contributed by atoms with Crippen molar-refractivity contribution in [3.05, 3.63) is 24.3 Å². The van der Waals surface area contributed by atoms with Crippen LogP contribution in [0, 0.1) is 0 Å². The number of benzene rings is 1. The summed E-state index contributed by atoms with van der Waals surface area (Å²) in [5, 5.41) is 7.03. The second-order valence-electron chi connectivity index (χ2n) is 4.90. The van der Waals surface area contributed by atoms with E-state index in [1.54, 1.807) is 0 Å². The van der Waals surface area contributed by atoms with E-state index in [4.69, 9.17) is 4.74 Å². The van der Waals surface area contributed by atoms with E-state index in [9.17, 15) is 0 Å². The second kappa shape index (κ2) is 7.27. The van der Waals surface area contributed by atoms with Crippen LogP contribution in [0.15, 0.2) is 24.3 Å². The molecule has 3 heteroatoms. The maximum atomic E-state index is 5.63. The molecule has 1 aromatic rings. The predicted molar refractivity (Wildman–Crippen MR) is 76.4 cm³/mol. The fourth-order valence-electron chi connectivity index (χ4n) is 2.26. The zero-order chi connectivity index (χ0) is 12.6. The summed E-state index contributed by atoms with van der Waals surface area (Å²) >= 11 is 0. The molecule has 1 aliphatic heterocycles. The molecule has 1 unspecified atom stereocenters. The van der Waals surface area contributed by atoms with Gasteiger partial charge in [0.1, 0.15) is 5.75 Å². The van der Waals surface area contributed by atoms with E-state index in [0.717, 1.165) is 37.6 Å². The van der Waals surface area contributed by atoms with Crippen LogP contribution in [-0.2, 0) is 0 Å². The topological polar surface area (TPSA) is 33.3 Å². The van der Waals surface area contributed by atoms with Crippen molar-refractivity contribution in [2.24, 2.45) is 0 Å². The molecule has 2 N–H and O–H groups in total. The molecule has 100 valence electrons. The normalized spacial score (nSPS) is 19.5. The molecule has 1 fully saturated rings. The summed E-state index contributed by atoms with van der Waals surface area (Å²) in [4.78, 5) is 0. The van der Waals surface area contributed by atoms with E-state index >= 15 is 0 Å². The fraction of sp³-hybridized carbons (Fsp3) is 0.600. The minimum absolute atomic E-state index is 0.610. The van der Waals surface area contributed by atoms with Gasteiger partial charge in [-0.3, -0.25) is 0 Å². The summed E-state index contributed by atoms with van der Waals surface area (Å²) in [5.41, 5.74) is 1.15. The lowest BCUT2D eigenvalue weighted by Gasteiger charge is -2.24. The number of hydrogen-bond donors (Lipinski definition) is 2. The molecule has 0 amide bonds. The number of ether oxygens (including phenoxy) is 1. The van der Waals surface area contributed by atoms with Gasteiger partial charge in [0.2, 0.25) is 0 Å². The highest BCUT2D eigenvalue weighted by Gasteiger charge is 2.11. The first-order valence-electron chi connectivity index (χ1n) is 7.08.